The highest BCUT2D eigenvalue weighted by Gasteiger charge is 2.64. The molecule has 3 aromatic rings. The maximum Gasteiger partial charge on any atom is 0.338 e. The first-order chi connectivity index (χ1) is 43.8. The van der Waals surface area contributed by atoms with Crippen molar-refractivity contribution in [2.75, 3.05) is 47.3 Å². The molecule has 5 fully saturated rings. The second-order valence-electron chi connectivity index (χ2n) is 21.7. The fraction of sp³-hybridized carbons (Fsp3) is 0.559. The molecular formula is C59H74O33. The third-order valence-electron chi connectivity index (χ3n) is 15.5. The van der Waals surface area contributed by atoms with Gasteiger partial charge in [0.15, 0.2) is 54.1 Å². The molecule has 24 atom stereocenters. The van der Waals surface area contributed by atoms with Crippen molar-refractivity contribution in [1.29, 1.82) is 0 Å². The molecule has 5 aliphatic heterocycles. The van der Waals surface area contributed by atoms with Crippen molar-refractivity contribution in [1.82, 2.24) is 0 Å². The van der Waals surface area contributed by atoms with Gasteiger partial charge < -0.3 is 143 Å². The van der Waals surface area contributed by atoms with E-state index >= 15 is 0 Å². The molecule has 0 aromatic heterocycles. The molecule has 5 aliphatic rings. The van der Waals surface area contributed by atoms with E-state index in [0.717, 1.165) is 19.1 Å². The summed E-state index contributed by atoms with van der Waals surface area (Å²) < 4.78 is 88.4. The van der Waals surface area contributed by atoms with Gasteiger partial charge in [0.1, 0.15) is 111 Å². The standard InChI is InChI=1S/C59H74O33/c1-25-40(67)44(71)47(74)55(82-25)83-31-15-11-28(19-33(31)79-4)13-17-39(66)87-50-37(23-80-26(2)63)86-58(52(89-57-49(76)46(73)42(69)35(21-61)85-57)51(50)88-56-48(75)45(72)41(68)34(20-60)84-56)92-59(24-81-38(65)16-12-27-10-14-30(64)32(18-27)78-3)53(43(70)36(22-62)91-59)90-54(77)29-8-6-5-7-9-29/h5-19,25,34-37,40-53,55-58,60-62,64,67-76H,20-24H2,1-4H3. The lowest BCUT2D eigenvalue weighted by atomic mass is 9.95. The van der Waals surface area contributed by atoms with Crippen LogP contribution in [0.3, 0.4) is 0 Å². The Morgan fingerprint density at radius 2 is 1.08 bits per heavy atom. The lowest BCUT2D eigenvalue weighted by molar-refractivity contribution is -0.421. The first-order valence-electron chi connectivity index (χ1n) is 28.6. The van der Waals surface area contributed by atoms with Crippen LogP contribution in [0.5, 0.6) is 23.0 Å². The molecule has 0 aliphatic carbocycles. The van der Waals surface area contributed by atoms with Crippen molar-refractivity contribution >= 4 is 36.0 Å². The van der Waals surface area contributed by atoms with Crippen LogP contribution in [-0.2, 0) is 71.2 Å². The van der Waals surface area contributed by atoms with E-state index in [-0.39, 0.29) is 39.7 Å². The summed E-state index contributed by atoms with van der Waals surface area (Å²) in [5.74, 6) is -7.94. The summed E-state index contributed by atoms with van der Waals surface area (Å²) in [6.45, 7) is -3.01. The van der Waals surface area contributed by atoms with E-state index in [2.05, 4.69) is 0 Å². The van der Waals surface area contributed by atoms with Gasteiger partial charge in [-0.05, 0) is 66.6 Å². The molecular weight excluding hydrogens is 1240 g/mol. The molecule has 0 bridgehead atoms. The van der Waals surface area contributed by atoms with Crippen LogP contribution in [0.25, 0.3) is 12.2 Å². The molecule has 92 heavy (non-hydrogen) atoms. The molecule has 0 amide bonds. The van der Waals surface area contributed by atoms with Crippen molar-refractivity contribution in [2.45, 2.75) is 161 Å². The molecule has 8 rings (SSSR count). The van der Waals surface area contributed by atoms with E-state index in [0.29, 0.717) is 0 Å². The molecule has 0 saturated carbocycles. The van der Waals surface area contributed by atoms with E-state index in [4.69, 9.17) is 71.1 Å². The number of hydrogen-bond acceptors (Lipinski definition) is 33. The quantitative estimate of drug-likeness (QED) is 0.0227. The number of hydrogen-bond donors (Lipinski definition) is 14. The first-order valence-corrected chi connectivity index (χ1v) is 28.6. The van der Waals surface area contributed by atoms with Crippen LogP contribution in [0.2, 0.25) is 0 Å². The topological polar surface area (TPSA) is 490 Å². The predicted octanol–water partition coefficient (Wildman–Crippen LogP) is -4.85. The zero-order valence-corrected chi connectivity index (χ0v) is 49.5. The normalized spacial score (nSPS) is 36.5. The lowest BCUT2D eigenvalue weighted by Crippen LogP contribution is -2.69. The highest BCUT2D eigenvalue weighted by Crippen LogP contribution is 2.43. The van der Waals surface area contributed by atoms with Crippen LogP contribution >= 0.6 is 0 Å². The van der Waals surface area contributed by atoms with Crippen LogP contribution in [0, 0.1) is 0 Å². The van der Waals surface area contributed by atoms with Gasteiger partial charge in [-0.3, -0.25) is 4.79 Å². The Balaban J connectivity index is 1.24. The molecule has 0 spiro atoms. The minimum atomic E-state index is -2.97. The Kier molecular flexibility index (Phi) is 24.4. The van der Waals surface area contributed by atoms with Gasteiger partial charge in [-0.15, -0.1) is 0 Å². The number of carbonyl (C=O) groups is 4. The van der Waals surface area contributed by atoms with E-state index < -0.39 is 204 Å². The van der Waals surface area contributed by atoms with Gasteiger partial charge in [0, 0.05) is 19.1 Å². The molecule has 3 aromatic carbocycles. The van der Waals surface area contributed by atoms with E-state index in [1.807, 2.05) is 0 Å². The second kappa shape index (κ2) is 31.5. The van der Waals surface area contributed by atoms with Crippen LogP contribution in [0.1, 0.15) is 35.3 Å². The van der Waals surface area contributed by atoms with Crippen molar-refractivity contribution < 1.29 is 162 Å². The highest BCUT2D eigenvalue weighted by molar-refractivity contribution is 5.90. The van der Waals surface area contributed by atoms with Gasteiger partial charge in [0.25, 0.3) is 0 Å². The molecule has 33 heteroatoms. The molecule has 24 unspecified atom stereocenters. The van der Waals surface area contributed by atoms with E-state index in [1.165, 1.54) is 94.0 Å². The van der Waals surface area contributed by atoms with Gasteiger partial charge >= 0.3 is 23.9 Å². The van der Waals surface area contributed by atoms with Crippen LogP contribution < -0.4 is 14.2 Å². The first kappa shape index (κ1) is 71.2. The zero-order chi connectivity index (χ0) is 66.9. The van der Waals surface area contributed by atoms with Crippen molar-refractivity contribution in [2.24, 2.45) is 0 Å². The van der Waals surface area contributed by atoms with Gasteiger partial charge in [0.2, 0.25) is 12.1 Å². The Labute approximate surface area is 523 Å². The SMILES string of the molecule is COc1cc(C=CC(=O)OCC2(OC3OC(COC(C)=O)C(OC(=O)C=Cc4ccc(OC5OC(C)C(O)C(O)C5O)c(OC)c4)C(OC4OC(CO)C(O)C(O)C4O)C3OC3OC(CO)C(O)C(O)C3O)OC(CO)C(O)C2OC(=O)c2ccccc2)ccc1O. The van der Waals surface area contributed by atoms with E-state index in [1.54, 1.807) is 6.07 Å². The Hall–Kier alpha value is -6.62. The van der Waals surface area contributed by atoms with Crippen molar-refractivity contribution in [3.63, 3.8) is 0 Å². The molecule has 33 nitrogen and oxygen atoms in total. The lowest BCUT2D eigenvalue weighted by Gasteiger charge is -2.50. The molecule has 5 saturated heterocycles. The summed E-state index contributed by atoms with van der Waals surface area (Å²) >= 11 is 0. The van der Waals surface area contributed by atoms with Crippen molar-refractivity contribution in [3.05, 3.63) is 95.6 Å². The second-order valence-corrected chi connectivity index (χ2v) is 21.7. The number of ether oxygens (including phenoxy) is 15. The minimum absolute atomic E-state index is 0.0146. The summed E-state index contributed by atoms with van der Waals surface area (Å²) in [7, 11) is 2.53. The van der Waals surface area contributed by atoms with Gasteiger partial charge in [-0.2, -0.15) is 0 Å². The number of methoxy groups -OCH3 is 2. The van der Waals surface area contributed by atoms with Gasteiger partial charge in [-0.1, -0.05) is 30.3 Å². The number of aromatic hydroxyl groups is 1. The smallest absolute Gasteiger partial charge is 0.338 e. The number of benzene rings is 3. The fourth-order valence-corrected chi connectivity index (χ4v) is 10.4. The number of phenols is 1. The molecule has 0 radical (unpaired) electrons. The number of phenolic OH excluding ortho intramolecular Hbond substituents is 1. The molecule has 5 heterocycles. The van der Waals surface area contributed by atoms with Crippen molar-refractivity contribution in [3.8, 4) is 23.0 Å². The average Bonchev–Trinajstić information content (AvgIpc) is 1.41. The van der Waals surface area contributed by atoms with Gasteiger partial charge in [-0.25, -0.2) is 14.4 Å². The fourth-order valence-electron chi connectivity index (χ4n) is 10.4. The summed E-state index contributed by atoms with van der Waals surface area (Å²) in [5, 5.41) is 151. The largest absolute Gasteiger partial charge is 0.504 e. The molecule has 508 valence electrons. The summed E-state index contributed by atoms with van der Waals surface area (Å²) in [4.78, 5) is 55.0. The number of aliphatic hydroxyl groups is 13. The maximum atomic E-state index is 14.4. The summed E-state index contributed by atoms with van der Waals surface area (Å²) in [5.41, 5.74) is 0.342. The minimum Gasteiger partial charge on any atom is -0.504 e. The number of esters is 4. The Morgan fingerprint density at radius 3 is 1.66 bits per heavy atom. The van der Waals surface area contributed by atoms with Crippen LogP contribution in [-0.4, -0.2) is 290 Å². The third kappa shape index (κ3) is 16.3. The number of carbonyl (C=O) groups excluding carboxylic acids is 4. The monoisotopic (exact) mass is 1310 g/mol. The Bertz CT molecular complexity index is 3000. The predicted molar refractivity (Wildman–Crippen MR) is 300 cm³/mol. The Morgan fingerprint density at radius 1 is 0.533 bits per heavy atom. The van der Waals surface area contributed by atoms with Gasteiger partial charge in [0.05, 0.1) is 45.7 Å². The molecule has 14 N–H and O–H groups in total. The zero-order valence-electron chi connectivity index (χ0n) is 49.5. The maximum absolute atomic E-state index is 14.4. The van der Waals surface area contributed by atoms with E-state index in [9.17, 15) is 90.7 Å². The number of aliphatic hydroxyl groups excluding tert-OH is 13. The summed E-state index contributed by atoms with van der Waals surface area (Å²) in [6, 6.07) is 15.2. The highest BCUT2D eigenvalue weighted by atomic mass is 16.8. The summed E-state index contributed by atoms with van der Waals surface area (Å²) in [6.07, 6.45) is -41.6. The van der Waals surface area contributed by atoms with Crippen LogP contribution in [0.15, 0.2) is 78.9 Å². The third-order valence-corrected chi connectivity index (χ3v) is 15.5. The van der Waals surface area contributed by atoms with Crippen LogP contribution in [0.4, 0.5) is 0 Å². The average molecular weight is 1310 g/mol. The number of rotatable bonds is 24.